The van der Waals surface area contributed by atoms with Crippen molar-refractivity contribution < 1.29 is 28.5 Å². The van der Waals surface area contributed by atoms with Crippen LogP contribution in [0.4, 0.5) is 0 Å². The molecule has 9 nitrogen and oxygen atoms in total. The SMILES string of the molecule is CCC1O[C@H](O[C@@H](CC(=O)OC)C(=O)OC)C(N=[N+]=[N-])[C@@H](C)[C@@H]1C. The van der Waals surface area contributed by atoms with Gasteiger partial charge in [0, 0.05) is 4.91 Å². The molecule has 2 unspecified atom stereocenters. The third-order valence-corrected chi connectivity index (χ3v) is 4.47. The van der Waals surface area contributed by atoms with Gasteiger partial charge in [0.2, 0.25) is 0 Å². The van der Waals surface area contributed by atoms with Crippen molar-refractivity contribution in [3.8, 4) is 0 Å². The first-order valence-electron chi connectivity index (χ1n) is 7.89. The lowest BCUT2D eigenvalue weighted by atomic mass is 9.81. The molecule has 1 heterocycles. The molecule has 1 saturated heterocycles. The summed E-state index contributed by atoms with van der Waals surface area (Å²) >= 11 is 0. The van der Waals surface area contributed by atoms with Gasteiger partial charge in [0.1, 0.15) is 0 Å². The van der Waals surface area contributed by atoms with E-state index in [1.807, 2.05) is 20.8 Å². The van der Waals surface area contributed by atoms with Gasteiger partial charge in [-0.05, 0) is 23.8 Å². The molecule has 1 aliphatic heterocycles. The van der Waals surface area contributed by atoms with Crippen molar-refractivity contribution >= 4 is 11.9 Å². The molecule has 1 rings (SSSR count). The minimum Gasteiger partial charge on any atom is -0.469 e. The van der Waals surface area contributed by atoms with Crippen LogP contribution in [0.25, 0.3) is 10.4 Å². The molecule has 0 amide bonds. The Morgan fingerprint density at radius 3 is 2.42 bits per heavy atom. The van der Waals surface area contributed by atoms with Gasteiger partial charge in [0.15, 0.2) is 12.4 Å². The topological polar surface area (TPSA) is 120 Å². The molecule has 0 radical (unpaired) electrons. The summed E-state index contributed by atoms with van der Waals surface area (Å²) < 4.78 is 20.8. The summed E-state index contributed by atoms with van der Waals surface area (Å²) in [5.41, 5.74) is 8.82. The summed E-state index contributed by atoms with van der Waals surface area (Å²) in [4.78, 5) is 26.2. The standard InChI is InChI=1S/C15H25N3O6/c1-6-10-8(2)9(3)13(17-18-16)15(23-10)24-11(14(20)22-5)7-12(19)21-4/h8-11,13,15H,6-7H2,1-5H3/t8-,9-,10?,11-,13?,15+/m0/s1. The Kier molecular flexibility index (Phi) is 7.97. The zero-order valence-electron chi connectivity index (χ0n) is 14.7. The van der Waals surface area contributed by atoms with Crippen LogP contribution in [0.5, 0.6) is 0 Å². The number of azide groups is 1. The van der Waals surface area contributed by atoms with Gasteiger partial charge < -0.3 is 18.9 Å². The van der Waals surface area contributed by atoms with E-state index >= 15 is 0 Å². The largest absolute Gasteiger partial charge is 0.469 e. The van der Waals surface area contributed by atoms with Crippen molar-refractivity contribution in [3.05, 3.63) is 10.4 Å². The first kappa shape index (κ1) is 20.2. The second-order valence-electron chi connectivity index (χ2n) is 5.79. The number of carbonyl (C=O) groups excluding carboxylic acids is 2. The van der Waals surface area contributed by atoms with Gasteiger partial charge in [0.25, 0.3) is 0 Å². The lowest BCUT2D eigenvalue weighted by molar-refractivity contribution is -0.250. The molecule has 1 fully saturated rings. The molecule has 0 saturated carbocycles. The Balaban J connectivity index is 3.00. The van der Waals surface area contributed by atoms with Crippen LogP contribution in [0.1, 0.15) is 33.6 Å². The van der Waals surface area contributed by atoms with E-state index < -0.39 is 30.4 Å². The van der Waals surface area contributed by atoms with Gasteiger partial charge >= 0.3 is 11.9 Å². The summed E-state index contributed by atoms with van der Waals surface area (Å²) in [5, 5.41) is 3.77. The van der Waals surface area contributed by atoms with Gasteiger partial charge in [0.05, 0.1) is 32.8 Å². The summed E-state index contributed by atoms with van der Waals surface area (Å²) in [6.45, 7) is 5.94. The van der Waals surface area contributed by atoms with Crippen LogP contribution in [-0.2, 0) is 28.5 Å². The van der Waals surface area contributed by atoms with Crippen LogP contribution in [-0.4, -0.2) is 50.7 Å². The zero-order chi connectivity index (χ0) is 18.3. The highest BCUT2D eigenvalue weighted by Crippen LogP contribution is 2.35. The fourth-order valence-corrected chi connectivity index (χ4v) is 2.79. The fourth-order valence-electron chi connectivity index (χ4n) is 2.79. The van der Waals surface area contributed by atoms with Crippen LogP contribution in [0.15, 0.2) is 5.11 Å². The van der Waals surface area contributed by atoms with Crippen molar-refractivity contribution in [2.45, 2.75) is 58.2 Å². The molecule has 0 aliphatic carbocycles. The second-order valence-corrected chi connectivity index (χ2v) is 5.79. The monoisotopic (exact) mass is 343 g/mol. The molecule has 0 bridgehead atoms. The summed E-state index contributed by atoms with van der Waals surface area (Å²) in [7, 11) is 2.41. The van der Waals surface area contributed by atoms with E-state index in [-0.39, 0.29) is 24.4 Å². The van der Waals surface area contributed by atoms with E-state index in [2.05, 4.69) is 19.5 Å². The van der Waals surface area contributed by atoms with E-state index in [1.165, 1.54) is 14.2 Å². The van der Waals surface area contributed by atoms with Crippen molar-refractivity contribution in [1.29, 1.82) is 0 Å². The van der Waals surface area contributed by atoms with Crippen molar-refractivity contribution in [2.24, 2.45) is 17.0 Å². The van der Waals surface area contributed by atoms with Crippen molar-refractivity contribution in [1.82, 2.24) is 0 Å². The Morgan fingerprint density at radius 1 is 1.25 bits per heavy atom. The zero-order valence-corrected chi connectivity index (χ0v) is 14.7. The minimum absolute atomic E-state index is 0.0129. The normalized spacial score (nSPS) is 30.8. The highest BCUT2D eigenvalue weighted by atomic mass is 16.7. The molecule has 0 N–H and O–H groups in total. The highest BCUT2D eigenvalue weighted by Gasteiger charge is 2.43. The highest BCUT2D eigenvalue weighted by molar-refractivity contribution is 5.81. The van der Waals surface area contributed by atoms with Gasteiger partial charge in [-0.25, -0.2) is 4.79 Å². The van der Waals surface area contributed by atoms with E-state index in [4.69, 9.17) is 15.0 Å². The molecule has 136 valence electrons. The van der Waals surface area contributed by atoms with Crippen LogP contribution in [0, 0.1) is 11.8 Å². The van der Waals surface area contributed by atoms with Gasteiger partial charge in [-0.1, -0.05) is 25.9 Å². The van der Waals surface area contributed by atoms with E-state index in [9.17, 15) is 9.59 Å². The maximum absolute atomic E-state index is 11.9. The maximum Gasteiger partial charge on any atom is 0.335 e. The Bertz CT molecular complexity index is 494. The predicted molar refractivity (Wildman–Crippen MR) is 83.7 cm³/mol. The molecule has 9 heteroatoms. The maximum atomic E-state index is 11.9. The van der Waals surface area contributed by atoms with Gasteiger partial charge in [-0.3, -0.25) is 4.79 Å². The Labute approximate surface area is 141 Å². The lowest BCUT2D eigenvalue weighted by Crippen LogP contribution is -2.51. The van der Waals surface area contributed by atoms with E-state index in [0.29, 0.717) is 0 Å². The smallest absolute Gasteiger partial charge is 0.335 e. The van der Waals surface area contributed by atoms with Gasteiger partial charge in [-0.15, -0.1) is 0 Å². The Hall–Kier alpha value is -1.83. The van der Waals surface area contributed by atoms with Crippen LogP contribution in [0.3, 0.4) is 0 Å². The van der Waals surface area contributed by atoms with Crippen LogP contribution in [0.2, 0.25) is 0 Å². The quantitative estimate of drug-likeness (QED) is 0.302. The third kappa shape index (κ3) is 4.83. The number of nitrogens with zero attached hydrogens (tertiary/aromatic N) is 3. The summed E-state index contributed by atoms with van der Waals surface area (Å²) in [6, 6.07) is -0.613. The second kappa shape index (κ2) is 9.46. The Morgan fingerprint density at radius 2 is 1.92 bits per heavy atom. The number of esters is 2. The van der Waals surface area contributed by atoms with Crippen LogP contribution < -0.4 is 0 Å². The number of carbonyl (C=O) groups is 2. The average Bonchev–Trinajstić information content (AvgIpc) is 2.59. The van der Waals surface area contributed by atoms with Gasteiger partial charge in [-0.2, -0.15) is 0 Å². The number of hydrogen-bond acceptors (Lipinski definition) is 7. The fraction of sp³-hybridized carbons (Fsp3) is 0.867. The van der Waals surface area contributed by atoms with E-state index in [0.717, 1.165) is 6.42 Å². The first-order chi connectivity index (χ1) is 11.4. The number of methoxy groups -OCH3 is 2. The van der Waals surface area contributed by atoms with Crippen molar-refractivity contribution in [3.63, 3.8) is 0 Å². The lowest BCUT2D eigenvalue weighted by Gasteiger charge is -2.43. The first-order valence-corrected chi connectivity index (χ1v) is 7.89. The number of hydrogen-bond donors (Lipinski definition) is 0. The molecule has 24 heavy (non-hydrogen) atoms. The summed E-state index contributed by atoms with van der Waals surface area (Å²) in [5.74, 6) is -1.19. The molecule has 0 aromatic rings. The number of rotatable bonds is 7. The third-order valence-electron chi connectivity index (χ3n) is 4.47. The molecule has 0 aromatic carbocycles. The average molecular weight is 343 g/mol. The molecular formula is C15H25N3O6. The molecule has 0 spiro atoms. The number of ether oxygens (including phenoxy) is 4. The summed E-state index contributed by atoms with van der Waals surface area (Å²) in [6.07, 6.45) is -1.81. The molecule has 0 aromatic heterocycles. The predicted octanol–water partition coefficient (Wildman–Crippen LogP) is 2.19. The molecule has 1 aliphatic rings. The molecular weight excluding hydrogens is 318 g/mol. The van der Waals surface area contributed by atoms with Crippen LogP contribution >= 0.6 is 0 Å². The van der Waals surface area contributed by atoms with E-state index in [1.54, 1.807) is 0 Å². The minimum atomic E-state index is -1.19. The molecule has 6 atom stereocenters. The van der Waals surface area contributed by atoms with Crippen molar-refractivity contribution in [2.75, 3.05) is 14.2 Å².